The Morgan fingerprint density at radius 1 is 1.56 bits per heavy atom. The summed E-state index contributed by atoms with van der Waals surface area (Å²) in [5.74, 6) is 0.719. The molecule has 1 aliphatic carbocycles. The largest absolute Gasteiger partial charge is 0.378 e. The van der Waals surface area contributed by atoms with Crippen molar-refractivity contribution in [2.45, 2.75) is 45.3 Å². The van der Waals surface area contributed by atoms with Gasteiger partial charge in [0.05, 0.1) is 6.10 Å². The number of amides is 1. The lowest BCUT2D eigenvalue weighted by atomic mass is 9.80. The van der Waals surface area contributed by atoms with Crippen LogP contribution in [0.3, 0.4) is 0 Å². The van der Waals surface area contributed by atoms with Gasteiger partial charge in [-0.25, -0.2) is 0 Å². The Labute approximate surface area is 98.1 Å². The van der Waals surface area contributed by atoms with Gasteiger partial charge in [-0.05, 0) is 32.6 Å². The molecule has 0 aliphatic heterocycles. The lowest BCUT2D eigenvalue weighted by molar-refractivity contribution is -0.133. The minimum absolute atomic E-state index is 0.0477. The van der Waals surface area contributed by atoms with Gasteiger partial charge in [-0.1, -0.05) is 0 Å². The third-order valence-corrected chi connectivity index (χ3v) is 3.05. The van der Waals surface area contributed by atoms with E-state index in [1.807, 2.05) is 20.9 Å². The minimum Gasteiger partial charge on any atom is -0.378 e. The van der Waals surface area contributed by atoms with E-state index in [4.69, 9.17) is 10.5 Å². The molecule has 2 N–H and O–H groups in total. The molecular weight excluding hydrogens is 204 g/mol. The van der Waals surface area contributed by atoms with Crippen LogP contribution < -0.4 is 5.73 Å². The molecular formula is C12H24N2O2. The van der Waals surface area contributed by atoms with Crippen LogP contribution in [0.15, 0.2) is 0 Å². The van der Waals surface area contributed by atoms with Crippen LogP contribution in [0, 0.1) is 5.92 Å². The number of hydrogen-bond acceptors (Lipinski definition) is 3. The van der Waals surface area contributed by atoms with Gasteiger partial charge in [0, 0.05) is 32.7 Å². The summed E-state index contributed by atoms with van der Waals surface area (Å²) in [6, 6.07) is 0.0477. The molecule has 1 fully saturated rings. The van der Waals surface area contributed by atoms with Crippen LogP contribution in [0.4, 0.5) is 0 Å². The van der Waals surface area contributed by atoms with E-state index in [1.165, 1.54) is 0 Å². The second-order valence-electron chi connectivity index (χ2n) is 4.87. The van der Waals surface area contributed by atoms with Crippen molar-refractivity contribution in [2.24, 2.45) is 11.7 Å². The molecule has 0 aromatic carbocycles. The highest BCUT2D eigenvalue weighted by Crippen LogP contribution is 2.32. The zero-order valence-electron chi connectivity index (χ0n) is 10.6. The normalized spacial score (nSPS) is 26.0. The lowest BCUT2D eigenvalue weighted by Crippen LogP contribution is -2.40. The van der Waals surface area contributed by atoms with Crippen LogP contribution >= 0.6 is 0 Å². The van der Waals surface area contributed by atoms with Crippen molar-refractivity contribution in [2.75, 3.05) is 20.2 Å². The maximum absolute atomic E-state index is 11.8. The molecule has 1 aliphatic rings. The first kappa shape index (κ1) is 13.5. The first-order chi connectivity index (χ1) is 7.52. The van der Waals surface area contributed by atoms with Crippen LogP contribution in [-0.2, 0) is 9.53 Å². The van der Waals surface area contributed by atoms with Crippen molar-refractivity contribution in [3.8, 4) is 0 Å². The number of nitrogens with two attached hydrogens (primary N) is 1. The van der Waals surface area contributed by atoms with Crippen molar-refractivity contribution in [3.63, 3.8) is 0 Å². The smallest absolute Gasteiger partial charge is 0.222 e. The third kappa shape index (κ3) is 4.10. The highest BCUT2D eigenvalue weighted by Gasteiger charge is 2.31. The zero-order chi connectivity index (χ0) is 12.1. The van der Waals surface area contributed by atoms with Gasteiger partial charge in [0.1, 0.15) is 0 Å². The highest BCUT2D eigenvalue weighted by molar-refractivity contribution is 5.76. The van der Waals surface area contributed by atoms with Crippen molar-refractivity contribution in [3.05, 3.63) is 0 Å². The second kappa shape index (κ2) is 6.21. The van der Waals surface area contributed by atoms with Crippen LogP contribution in [0.2, 0.25) is 0 Å². The first-order valence-electron chi connectivity index (χ1n) is 6.14. The summed E-state index contributed by atoms with van der Waals surface area (Å²) in [6.07, 6.45) is 3.10. The number of carbonyl (C=O) groups excluding carboxylic acids is 1. The van der Waals surface area contributed by atoms with Gasteiger partial charge < -0.3 is 15.4 Å². The molecule has 16 heavy (non-hydrogen) atoms. The molecule has 0 aromatic rings. The predicted octanol–water partition coefficient (Wildman–Crippen LogP) is 0.997. The standard InChI is InChI=1S/C12H24N2O2/c1-4-16-11-5-10(6-11)7-12(15)14(3)8-9(2)13/h9-11H,4-8,13H2,1-3H3. The average molecular weight is 228 g/mol. The summed E-state index contributed by atoms with van der Waals surface area (Å²) in [4.78, 5) is 13.5. The fourth-order valence-electron chi connectivity index (χ4n) is 2.15. The number of ether oxygens (including phenoxy) is 1. The van der Waals surface area contributed by atoms with Gasteiger partial charge in [0.15, 0.2) is 0 Å². The Morgan fingerprint density at radius 2 is 2.19 bits per heavy atom. The Bertz CT molecular complexity index is 225. The van der Waals surface area contributed by atoms with Gasteiger partial charge in [-0.15, -0.1) is 0 Å². The number of likely N-dealkylation sites (N-methyl/N-ethyl adjacent to an activating group) is 1. The second-order valence-corrected chi connectivity index (χ2v) is 4.87. The molecule has 0 bridgehead atoms. The number of rotatable bonds is 6. The average Bonchev–Trinajstić information content (AvgIpc) is 2.13. The van der Waals surface area contributed by atoms with Crippen LogP contribution in [0.1, 0.15) is 33.1 Å². The number of carbonyl (C=O) groups is 1. The summed E-state index contributed by atoms with van der Waals surface area (Å²) >= 11 is 0. The summed E-state index contributed by atoms with van der Waals surface area (Å²) in [5, 5.41) is 0. The van der Waals surface area contributed by atoms with E-state index in [2.05, 4.69) is 0 Å². The van der Waals surface area contributed by atoms with Gasteiger partial charge in [-0.3, -0.25) is 4.79 Å². The highest BCUT2D eigenvalue weighted by atomic mass is 16.5. The molecule has 4 nitrogen and oxygen atoms in total. The van der Waals surface area contributed by atoms with Gasteiger partial charge in [0.25, 0.3) is 0 Å². The molecule has 0 radical (unpaired) electrons. The quantitative estimate of drug-likeness (QED) is 0.738. The van der Waals surface area contributed by atoms with Crippen LogP contribution in [0.5, 0.6) is 0 Å². The molecule has 1 unspecified atom stereocenters. The lowest BCUT2D eigenvalue weighted by Gasteiger charge is -2.35. The Hall–Kier alpha value is -0.610. The number of nitrogens with zero attached hydrogens (tertiary/aromatic N) is 1. The van der Waals surface area contributed by atoms with Crippen molar-refractivity contribution in [1.29, 1.82) is 0 Å². The SMILES string of the molecule is CCOC1CC(CC(=O)N(C)CC(C)N)C1. The predicted molar refractivity (Wildman–Crippen MR) is 64.0 cm³/mol. The Kier molecular flexibility index (Phi) is 5.22. The van der Waals surface area contributed by atoms with E-state index in [9.17, 15) is 4.79 Å². The number of hydrogen-bond donors (Lipinski definition) is 1. The van der Waals surface area contributed by atoms with E-state index >= 15 is 0 Å². The van der Waals surface area contributed by atoms with Gasteiger partial charge >= 0.3 is 0 Å². The van der Waals surface area contributed by atoms with Crippen LogP contribution in [0.25, 0.3) is 0 Å². The van der Waals surface area contributed by atoms with Crippen LogP contribution in [-0.4, -0.2) is 43.2 Å². The molecule has 1 amide bonds. The molecule has 0 saturated heterocycles. The van der Waals surface area contributed by atoms with Gasteiger partial charge in [0.2, 0.25) is 5.91 Å². The summed E-state index contributed by atoms with van der Waals surface area (Å²) in [5.41, 5.74) is 5.66. The molecule has 0 spiro atoms. The monoisotopic (exact) mass is 228 g/mol. The maximum Gasteiger partial charge on any atom is 0.222 e. The Balaban J connectivity index is 2.16. The van der Waals surface area contributed by atoms with E-state index < -0.39 is 0 Å². The molecule has 1 atom stereocenters. The minimum atomic E-state index is 0.0477. The molecule has 94 valence electrons. The van der Waals surface area contributed by atoms with Crippen molar-refractivity contribution in [1.82, 2.24) is 4.90 Å². The van der Waals surface area contributed by atoms with E-state index in [0.29, 0.717) is 25.0 Å². The van der Waals surface area contributed by atoms with E-state index in [0.717, 1.165) is 19.4 Å². The molecule has 1 saturated carbocycles. The Morgan fingerprint density at radius 3 is 2.69 bits per heavy atom. The van der Waals surface area contributed by atoms with Crippen molar-refractivity contribution < 1.29 is 9.53 Å². The maximum atomic E-state index is 11.8. The first-order valence-corrected chi connectivity index (χ1v) is 6.14. The van der Waals surface area contributed by atoms with E-state index in [1.54, 1.807) is 4.90 Å². The third-order valence-electron chi connectivity index (χ3n) is 3.05. The molecule has 4 heteroatoms. The summed E-state index contributed by atoms with van der Waals surface area (Å²) in [7, 11) is 1.82. The zero-order valence-corrected chi connectivity index (χ0v) is 10.6. The molecule has 1 rings (SSSR count). The molecule has 0 heterocycles. The summed E-state index contributed by atoms with van der Waals surface area (Å²) < 4.78 is 5.47. The fraction of sp³-hybridized carbons (Fsp3) is 0.917. The topological polar surface area (TPSA) is 55.6 Å². The molecule has 0 aromatic heterocycles. The van der Waals surface area contributed by atoms with Gasteiger partial charge in [-0.2, -0.15) is 0 Å². The summed E-state index contributed by atoms with van der Waals surface area (Å²) in [6.45, 7) is 5.34. The van der Waals surface area contributed by atoms with E-state index in [-0.39, 0.29) is 11.9 Å². The van der Waals surface area contributed by atoms with Crippen molar-refractivity contribution >= 4 is 5.91 Å². The fourth-order valence-corrected chi connectivity index (χ4v) is 2.15.